The summed E-state index contributed by atoms with van der Waals surface area (Å²) in [7, 11) is 3.29. The predicted octanol–water partition coefficient (Wildman–Crippen LogP) is 0.944. The summed E-state index contributed by atoms with van der Waals surface area (Å²) in [4.78, 5) is 31.9. The number of carbonyl (C=O) groups is 2. The van der Waals surface area contributed by atoms with E-state index in [4.69, 9.17) is 0 Å². The van der Waals surface area contributed by atoms with Gasteiger partial charge in [0.05, 0.1) is 11.0 Å². The Labute approximate surface area is 153 Å². The van der Waals surface area contributed by atoms with Crippen molar-refractivity contribution in [1.29, 1.82) is 0 Å². The van der Waals surface area contributed by atoms with Crippen LogP contribution in [0.25, 0.3) is 11.0 Å². The summed E-state index contributed by atoms with van der Waals surface area (Å²) in [6.45, 7) is 0.590. The Balaban J connectivity index is 1.94. The molecule has 146 valence electrons. The number of aromatic nitrogens is 2. The molecule has 1 fully saturated rings. The van der Waals surface area contributed by atoms with Crippen molar-refractivity contribution >= 4 is 22.8 Å². The Kier molecular flexibility index (Phi) is 5.09. The molecule has 10 heteroatoms. The van der Waals surface area contributed by atoms with Crippen molar-refractivity contribution in [3.63, 3.8) is 0 Å². The molecule has 1 aromatic heterocycles. The predicted molar refractivity (Wildman–Crippen MR) is 91.8 cm³/mol. The lowest BCUT2D eigenvalue weighted by molar-refractivity contribution is -0.150. The van der Waals surface area contributed by atoms with Gasteiger partial charge in [-0.1, -0.05) is 12.1 Å². The van der Waals surface area contributed by atoms with Gasteiger partial charge in [-0.3, -0.25) is 9.59 Å². The number of carbonyl (C=O) groups excluding carboxylic acids is 2. The zero-order valence-corrected chi connectivity index (χ0v) is 15.0. The van der Waals surface area contributed by atoms with E-state index in [1.165, 1.54) is 24.1 Å². The molecule has 1 saturated heterocycles. The molecule has 0 aliphatic carbocycles. The molecule has 7 nitrogen and oxygen atoms in total. The van der Waals surface area contributed by atoms with Gasteiger partial charge in [0.2, 0.25) is 17.6 Å². The summed E-state index contributed by atoms with van der Waals surface area (Å²) in [6.07, 6.45) is -4.69. The molecule has 1 atom stereocenters. The Hall–Kier alpha value is -2.62. The maximum atomic E-state index is 13.4. The van der Waals surface area contributed by atoms with Crippen LogP contribution in [0.2, 0.25) is 0 Å². The van der Waals surface area contributed by atoms with Crippen LogP contribution in [0, 0.1) is 0 Å². The minimum absolute atomic E-state index is 0.166. The highest BCUT2D eigenvalue weighted by Crippen LogP contribution is 2.31. The molecular formula is C17H20F3N5O2. The van der Waals surface area contributed by atoms with Crippen molar-refractivity contribution in [2.24, 2.45) is 0 Å². The topological polar surface area (TPSA) is 70.5 Å². The smallest absolute Gasteiger partial charge is 0.357 e. The van der Waals surface area contributed by atoms with E-state index in [1.807, 2.05) is 11.9 Å². The largest absolute Gasteiger partial charge is 0.449 e. The fourth-order valence-electron chi connectivity index (χ4n) is 3.29. The first-order chi connectivity index (χ1) is 12.7. The molecule has 0 spiro atoms. The molecule has 1 unspecified atom stereocenters. The van der Waals surface area contributed by atoms with Crippen LogP contribution in [-0.4, -0.2) is 70.9 Å². The average Bonchev–Trinajstić information content (AvgIpc) is 3.00. The third-order valence-electron chi connectivity index (χ3n) is 4.65. The molecule has 1 aliphatic heterocycles. The second kappa shape index (κ2) is 7.18. The van der Waals surface area contributed by atoms with Crippen molar-refractivity contribution in [1.82, 2.24) is 24.7 Å². The van der Waals surface area contributed by atoms with Gasteiger partial charge < -0.3 is 19.7 Å². The molecule has 3 rings (SSSR count). The highest BCUT2D eigenvalue weighted by Gasteiger charge is 2.39. The van der Waals surface area contributed by atoms with Gasteiger partial charge in [-0.15, -0.1) is 0 Å². The lowest BCUT2D eigenvalue weighted by Gasteiger charge is -2.39. The van der Waals surface area contributed by atoms with Crippen molar-refractivity contribution in [3.05, 3.63) is 30.1 Å². The lowest BCUT2D eigenvalue weighted by atomic mass is 10.1. The van der Waals surface area contributed by atoms with Gasteiger partial charge in [0.25, 0.3) is 0 Å². The fourth-order valence-corrected chi connectivity index (χ4v) is 3.29. The van der Waals surface area contributed by atoms with Gasteiger partial charge in [-0.25, -0.2) is 4.98 Å². The second-order valence-electron chi connectivity index (χ2n) is 6.49. The van der Waals surface area contributed by atoms with Gasteiger partial charge >= 0.3 is 6.18 Å². The molecular weight excluding hydrogens is 363 g/mol. The van der Waals surface area contributed by atoms with Gasteiger partial charge in [-0.2, -0.15) is 13.2 Å². The maximum Gasteiger partial charge on any atom is 0.449 e. The minimum Gasteiger partial charge on any atom is -0.357 e. The van der Waals surface area contributed by atoms with Crippen LogP contribution in [0.5, 0.6) is 0 Å². The molecule has 2 aromatic rings. The number of imidazole rings is 1. The highest BCUT2D eigenvalue weighted by atomic mass is 19.4. The van der Waals surface area contributed by atoms with Crippen molar-refractivity contribution in [3.8, 4) is 0 Å². The number of benzene rings is 1. The third kappa shape index (κ3) is 3.75. The van der Waals surface area contributed by atoms with Crippen LogP contribution in [0.15, 0.2) is 24.3 Å². The summed E-state index contributed by atoms with van der Waals surface area (Å²) in [6, 6.07) is 5.39. The molecule has 0 radical (unpaired) electrons. The van der Waals surface area contributed by atoms with Crippen LogP contribution >= 0.6 is 0 Å². The highest BCUT2D eigenvalue weighted by molar-refractivity contribution is 5.88. The van der Waals surface area contributed by atoms with Crippen molar-refractivity contribution in [2.75, 3.05) is 33.7 Å². The van der Waals surface area contributed by atoms with Gasteiger partial charge in [0, 0.05) is 26.7 Å². The van der Waals surface area contributed by atoms with Crippen molar-refractivity contribution in [2.45, 2.75) is 18.8 Å². The molecule has 0 saturated carbocycles. The van der Waals surface area contributed by atoms with Crippen LogP contribution < -0.4 is 5.32 Å². The number of fused-ring (bicyclic) bond motifs is 1. The van der Waals surface area contributed by atoms with Crippen LogP contribution in [0.1, 0.15) is 5.82 Å². The SMILES string of the molecule is CNC(=O)C1CN(C)CCN1C(=O)Cn1c(C(F)(F)F)nc2ccccc21. The Bertz CT molecular complexity index is 864. The van der Waals surface area contributed by atoms with E-state index in [0.717, 1.165) is 4.57 Å². The van der Waals surface area contributed by atoms with E-state index in [9.17, 15) is 22.8 Å². The number of rotatable bonds is 3. The first kappa shape index (κ1) is 19.2. The van der Waals surface area contributed by atoms with E-state index in [2.05, 4.69) is 10.3 Å². The first-order valence-electron chi connectivity index (χ1n) is 8.44. The minimum atomic E-state index is -4.69. The van der Waals surface area contributed by atoms with E-state index < -0.39 is 30.5 Å². The summed E-state index contributed by atoms with van der Waals surface area (Å²) in [5.74, 6) is -2.02. The standard InChI is InChI=1S/C17H20F3N5O2/c1-21-15(27)13-9-23(2)7-8-24(13)14(26)10-25-12-6-4-3-5-11(12)22-16(25)17(18,19)20/h3-6,13H,7-10H2,1-2H3,(H,21,27). The molecule has 1 aromatic carbocycles. The number of likely N-dealkylation sites (N-methyl/N-ethyl adjacent to an activating group) is 2. The van der Waals surface area contributed by atoms with E-state index in [1.54, 1.807) is 12.1 Å². The lowest BCUT2D eigenvalue weighted by Crippen LogP contribution is -2.60. The number of amides is 2. The van der Waals surface area contributed by atoms with Crippen LogP contribution in [0.4, 0.5) is 13.2 Å². The Morgan fingerprint density at radius 1 is 1.26 bits per heavy atom. The molecule has 1 aliphatic rings. The first-order valence-corrected chi connectivity index (χ1v) is 8.44. The number of hydrogen-bond donors (Lipinski definition) is 1. The normalized spacial score (nSPS) is 18.7. The quantitative estimate of drug-likeness (QED) is 0.857. The summed E-state index contributed by atoms with van der Waals surface area (Å²) < 4.78 is 41.1. The number of piperazine rings is 1. The Morgan fingerprint density at radius 3 is 2.63 bits per heavy atom. The summed E-state index contributed by atoms with van der Waals surface area (Å²) >= 11 is 0. The number of hydrogen-bond acceptors (Lipinski definition) is 4. The summed E-state index contributed by atoms with van der Waals surface area (Å²) in [5, 5.41) is 2.51. The van der Waals surface area contributed by atoms with Gasteiger partial charge in [-0.05, 0) is 19.2 Å². The van der Waals surface area contributed by atoms with Gasteiger partial charge in [0.15, 0.2) is 0 Å². The monoisotopic (exact) mass is 383 g/mol. The molecule has 1 N–H and O–H groups in total. The second-order valence-corrected chi connectivity index (χ2v) is 6.49. The number of alkyl halides is 3. The number of para-hydroxylation sites is 2. The van der Waals surface area contributed by atoms with E-state index in [0.29, 0.717) is 13.1 Å². The van der Waals surface area contributed by atoms with Crippen LogP contribution in [0.3, 0.4) is 0 Å². The maximum absolute atomic E-state index is 13.4. The third-order valence-corrected chi connectivity index (χ3v) is 4.65. The van der Waals surface area contributed by atoms with E-state index >= 15 is 0 Å². The van der Waals surface area contributed by atoms with Gasteiger partial charge in [0.1, 0.15) is 12.6 Å². The summed E-state index contributed by atoms with van der Waals surface area (Å²) in [5.41, 5.74) is 0.391. The molecule has 2 amide bonds. The van der Waals surface area contributed by atoms with Crippen molar-refractivity contribution < 1.29 is 22.8 Å². The zero-order valence-electron chi connectivity index (χ0n) is 15.0. The number of halogens is 3. The molecule has 2 heterocycles. The number of nitrogens with zero attached hydrogens (tertiary/aromatic N) is 4. The van der Waals surface area contributed by atoms with Crippen LogP contribution in [-0.2, 0) is 22.3 Å². The van der Waals surface area contributed by atoms with E-state index in [-0.39, 0.29) is 23.5 Å². The molecule has 27 heavy (non-hydrogen) atoms. The Morgan fingerprint density at radius 2 is 1.96 bits per heavy atom. The molecule has 0 bridgehead atoms. The number of nitrogens with one attached hydrogen (secondary N) is 1. The fraction of sp³-hybridized carbons (Fsp3) is 0.471. The zero-order chi connectivity index (χ0) is 19.8. The average molecular weight is 383 g/mol.